The van der Waals surface area contributed by atoms with Crippen LogP contribution in [-0.4, -0.2) is 114 Å². The van der Waals surface area contributed by atoms with Crippen molar-refractivity contribution in [3.63, 3.8) is 0 Å². The minimum Gasteiger partial charge on any atom is -0.508 e. The number of fused-ring (bicyclic) bond motifs is 1. The Morgan fingerprint density at radius 1 is 0.762 bits per heavy atom. The van der Waals surface area contributed by atoms with E-state index in [1.54, 1.807) is 0 Å². The number of hydrogen-bond donors (Lipinski definition) is 9. The molecule has 10 atom stereocenters. The van der Waals surface area contributed by atoms with Gasteiger partial charge in [0.2, 0.25) is 17.5 Å². The molecule has 2 saturated heterocycles. The van der Waals surface area contributed by atoms with E-state index in [1.807, 2.05) is 0 Å². The topological polar surface area (TPSA) is 249 Å². The maximum absolute atomic E-state index is 13.5. The highest BCUT2D eigenvalue weighted by Crippen LogP contribution is 2.37. The summed E-state index contributed by atoms with van der Waals surface area (Å²) in [5.41, 5.74) is -0.956. The molecule has 42 heavy (non-hydrogen) atoms. The largest absolute Gasteiger partial charge is 0.508 e. The highest BCUT2D eigenvalue weighted by molar-refractivity contribution is 5.88. The first-order valence-electron chi connectivity index (χ1n) is 12.9. The predicted molar refractivity (Wildman–Crippen MR) is 139 cm³/mol. The van der Waals surface area contributed by atoms with Crippen molar-refractivity contribution in [2.75, 3.05) is 6.61 Å². The molecule has 0 spiro atoms. The van der Waals surface area contributed by atoms with Crippen LogP contribution >= 0.6 is 0 Å². The Labute approximate surface area is 236 Å². The van der Waals surface area contributed by atoms with Crippen LogP contribution in [0.3, 0.4) is 0 Å². The van der Waals surface area contributed by atoms with E-state index in [-0.39, 0.29) is 28.0 Å². The second-order valence-corrected chi connectivity index (χ2v) is 10.1. The number of phenolic OH excluding ortho intramolecular Hbond substituents is 3. The summed E-state index contributed by atoms with van der Waals surface area (Å²) in [5.74, 6) is -1.97. The number of aliphatic hydroxyl groups is 6. The average Bonchev–Trinajstić information content (AvgIpc) is 2.95. The first-order valence-corrected chi connectivity index (χ1v) is 12.9. The molecule has 2 aromatic carbocycles. The lowest BCUT2D eigenvalue weighted by Gasteiger charge is -2.42. The lowest BCUT2D eigenvalue weighted by atomic mass is 9.98. The van der Waals surface area contributed by atoms with Crippen molar-refractivity contribution < 1.29 is 69.3 Å². The van der Waals surface area contributed by atoms with E-state index >= 15 is 0 Å². The molecule has 3 heterocycles. The van der Waals surface area contributed by atoms with Gasteiger partial charge >= 0.3 is 0 Å². The van der Waals surface area contributed by atoms with Gasteiger partial charge < -0.3 is 69.3 Å². The second kappa shape index (κ2) is 11.6. The molecule has 15 heteroatoms. The van der Waals surface area contributed by atoms with Gasteiger partial charge in [-0.2, -0.15) is 0 Å². The molecular weight excluding hydrogens is 564 g/mol. The third-order valence-corrected chi connectivity index (χ3v) is 7.18. The molecule has 15 nitrogen and oxygen atoms in total. The van der Waals surface area contributed by atoms with E-state index in [2.05, 4.69) is 0 Å². The van der Waals surface area contributed by atoms with Crippen LogP contribution in [0, 0.1) is 0 Å². The van der Waals surface area contributed by atoms with Gasteiger partial charge in [-0.15, -0.1) is 0 Å². The van der Waals surface area contributed by atoms with Gasteiger partial charge in [-0.1, -0.05) is 0 Å². The van der Waals surface area contributed by atoms with Gasteiger partial charge in [0.15, 0.2) is 12.1 Å². The molecule has 9 N–H and O–H groups in total. The van der Waals surface area contributed by atoms with Crippen molar-refractivity contribution in [2.45, 2.75) is 68.3 Å². The summed E-state index contributed by atoms with van der Waals surface area (Å²) in [7, 11) is 0. The van der Waals surface area contributed by atoms with Gasteiger partial charge in [-0.25, -0.2) is 0 Å². The van der Waals surface area contributed by atoms with E-state index in [0.29, 0.717) is 0 Å². The third kappa shape index (κ3) is 5.49. The minimum atomic E-state index is -1.92. The third-order valence-electron chi connectivity index (χ3n) is 7.18. The van der Waals surface area contributed by atoms with Gasteiger partial charge in [0.25, 0.3) is 0 Å². The fourth-order valence-electron chi connectivity index (χ4n) is 4.79. The van der Waals surface area contributed by atoms with E-state index in [1.165, 1.54) is 31.2 Å². The van der Waals surface area contributed by atoms with Crippen LogP contribution in [0.15, 0.2) is 45.6 Å². The quantitative estimate of drug-likeness (QED) is 0.159. The number of ether oxygens (including phenoxy) is 4. The van der Waals surface area contributed by atoms with E-state index in [9.17, 15) is 50.8 Å². The molecule has 5 rings (SSSR count). The van der Waals surface area contributed by atoms with Crippen molar-refractivity contribution in [2.24, 2.45) is 0 Å². The summed E-state index contributed by atoms with van der Waals surface area (Å²) in [4.78, 5) is 13.5. The summed E-state index contributed by atoms with van der Waals surface area (Å²) in [5, 5.41) is 91.4. The Balaban J connectivity index is 1.46. The minimum absolute atomic E-state index is 0.103. The molecule has 1 aromatic heterocycles. The summed E-state index contributed by atoms with van der Waals surface area (Å²) in [6, 6.07) is 7.33. The Morgan fingerprint density at radius 3 is 2.10 bits per heavy atom. The van der Waals surface area contributed by atoms with E-state index in [0.717, 1.165) is 12.1 Å². The lowest BCUT2D eigenvalue weighted by Crippen LogP contribution is -2.61. The number of benzene rings is 2. The van der Waals surface area contributed by atoms with E-state index < -0.39 is 90.7 Å². The Hall–Kier alpha value is -3.51. The van der Waals surface area contributed by atoms with Crippen LogP contribution in [0.5, 0.6) is 23.0 Å². The molecule has 2 fully saturated rings. The maximum Gasteiger partial charge on any atom is 0.239 e. The van der Waals surface area contributed by atoms with E-state index in [4.69, 9.17) is 23.4 Å². The maximum atomic E-state index is 13.5. The van der Waals surface area contributed by atoms with Gasteiger partial charge in [-0.05, 0) is 31.2 Å². The molecule has 3 aromatic rings. The average molecular weight is 595 g/mol. The molecular formula is C27H30O15. The van der Waals surface area contributed by atoms with Gasteiger partial charge in [-0.3, -0.25) is 4.79 Å². The fourth-order valence-corrected chi connectivity index (χ4v) is 4.79. The zero-order valence-corrected chi connectivity index (χ0v) is 21.9. The van der Waals surface area contributed by atoms with Crippen LogP contribution in [0.4, 0.5) is 0 Å². The van der Waals surface area contributed by atoms with Crippen LogP contribution in [0.25, 0.3) is 22.3 Å². The first-order chi connectivity index (χ1) is 19.9. The molecule has 0 amide bonds. The molecule has 0 saturated carbocycles. The lowest BCUT2D eigenvalue weighted by molar-refractivity contribution is -0.318. The molecule has 1 unspecified atom stereocenters. The SMILES string of the molecule is C[C@@H]1O[C@@H](OC[C@H]2OC(Oc3c(-c4ccc(O)cc4)oc4cc(O)cc(O)c4c3=O)[C@H](O)[C@@H](O)[C@H]2O)[C@H](O)[C@H](O)[C@H]1O. The van der Waals surface area contributed by atoms with Crippen molar-refractivity contribution in [3.05, 3.63) is 46.6 Å². The summed E-state index contributed by atoms with van der Waals surface area (Å²) in [6.07, 6.45) is -15.8. The number of phenols is 3. The van der Waals surface area contributed by atoms with Crippen LogP contribution in [0.2, 0.25) is 0 Å². The molecule has 228 valence electrons. The van der Waals surface area contributed by atoms with Gasteiger partial charge in [0.1, 0.15) is 70.9 Å². The summed E-state index contributed by atoms with van der Waals surface area (Å²) < 4.78 is 28.0. The Bertz CT molecular complexity index is 1470. The van der Waals surface area contributed by atoms with Crippen LogP contribution in [-0.2, 0) is 14.2 Å². The molecule has 2 aliphatic heterocycles. The molecule has 0 aliphatic carbocycles. The zero-order chi connectivity index (χ0) is 30.5. The second-order valence-electron chi connectivity index (χ2n) is 10.1. The Morgan fingerprint density at radius 2 is 1.40 bits per heavy atom. The number of aliphatic hydroxyl groups excluding tert-OH is 6. The van der Waals surface area contributed by atoms with Crippen molar-refractivity contribution >= 4 is 11.0 Å². The smallest absolute Gasteiger partial charge is 0.239 e. The van der Waals surface area contributed by atoms with Crippen molar-refractivity contribution in [1.29, 1.82) is 0 Å². The predicted octanol–water partition coefficient (Wildman–Crippen LogP) is -1.39. The monoisotopic (exact) mass is 594 g/mol. The molecule has 0 radical (unpaired) electrons. The number of hydrogen-bond acceptors (Lipinski definition) is 15. The number of rotatable bonds is 6. The first kappa shape index (κ1) is 30.0. The van der Waals surface area contributed by atoms with Gasteiger partial charge in [0.05, 0.1) is 12.7 Å². The highest BCUT2D eigenvalue weighted by Gasteiger charge is 2.47. The Kier molecular flexibility index (Phi) is 8.30. The molecule has 2 aliphatic rings. The highest BCUT2D eigenvalue weighted by atomic mass is 16.7. The standard InChI is InChI=1S/C27H30O15/c1-9-17(31)20(34)22(36)26(39-9)38-8-15-18(32)21(35)23(37)27(41-15)42-25-19(33)16-13(30)6-12(29)7-14(16)40-24(25)10-2-4-11(28)5-3-10/h2-7,9,15,17-18,20-23,26-32,34-37H,8H2,1H3/t9-,15+,17-,18-,20+,21-,22+,23+,26+,27?/m0/s1. The number of aromatic hydroxyl groups is 3. The van der Waals surface area contributed by atoms with Crippen LogP contribution < -0.4 is 10.2 Å². The van der Waals surface area contributed by atoms with Crippen LogP contribution in [0.1, 0.15) is 6.92 Å². The summed E-state index contributed by atoms with van der Waals surface area (Å²) in [6.45, 7) is 0.866. The zero-order valence-electron chi connectivity index (χ0n) is 21.9. The summed E-state index contributed by atoms with van der Waals surface area (Å²) >= 11 is 0. The fraction of sp³-hybridized carbons (Fsp3) is 0.444. The normalized spacial score (nSPS) is 33.5. The van der Waals surface area contributed by atoms with Crippen molar-refractivity contribution in [1.82, 2.24) is 0 Å². The molecule has 0 bridgehead atoms. The van der Waals surface area contributed by atoms with Gasteiger partial charge in [0, 0.05) is 17.7 Å². The van der Waals surface area contributed by atoms with Crippen molar-refractivity contribution in [3.8, 4) is 34.3 Å².